The van der Waals surface area contributed by atoms with E-state index in [0.717, 1.165) is 24.5 Å². The first-order valence-corrected chi connectivity index (χ1v) is 7.11. The Morgan fingerprint density at radius 3 is 2.84 bits per heavy atom. The molecular formula is C15H20ClN3. The van der Waals surface area contributed by atoms with E-state index in [9.17, 15) is 0 Å². The molecule has 0 spiro atoms. The second kappa shape index (κ2) is 6.73. The third-order valence-corrected chi connectivity index (χ3v) is 3.39. The predicted molar refractivity (Wildman–Crippen MR) is 79.5 cm³/mol. The maximum Gasteiger partial charge on any atom is 0.0537 e. The van der Waals surface area contributed by atoms with Crippen molar-refractivity contribution in [3.8, 4) is 0 Å². The normalized spacial score (nSPS) is 12.6. The molecule has 0 amide bonds. The van der Waals surface area contributed by atoms with Crippen molar-refractivity contribution in [2.75, 3.05) is 6.54 Å². The lowest BCUT2D eigenvalue weighted by atomic mass is 10.0. The van der Waals surface area contributed by atoms with Gasteiger partial charge in [-0.05, 0) is 37.6 Å². The van der Waals surface area contributed by atoms with Crippen molar-refractivity contribution in [3.63, 3.8) is 0 Å². The van der Waals surface area contributed by atoms with E-state index < -0.39 is 0 Å². The molecule has 1 atom stereocenters. The van der Waals surface area contributed by atoms with Crippen LogP contribution in [0.25, 0.3) is 0 Å². The van der Waals surface area contributed by atoms with Crippen LogP contribution in [0.2, 0.25) is 5.02 Å². The van der Waals surface area contributed by atoms with E-state index in [1.807, 2.05) is 29.1 Å². The number of aryl methyl sites for hydroxylation is 1. The highest BCUT2D eigenvalue weighted by atomic mass is 35.5. The fourth-order valence-electron chi connectivity index (χ4n) is 2.19. The summed E-state index contributed by atoms with van der Waals surface area (Å²) in [6.45, 7) is 6.05. The van der Waals surface area contributed by atoms with Crippen molar-refractivity contribution >= 4 is 11.6 Å². The van der Waals surface area contributed by atoms with E-state index in [1.54, 1.807) is 0 Å². The fraction of sp³-hybridized carbons (Fsp3) is 0.400. The van der Waals surface area contributed by atoms with Crippen LogP contribution in [0.4, 0.5) is 0 Å². The fourth-order valence-corrected chi connectivity index (χ4v) is 2.40. The molecule has 1 unspecified atom stereocenters. The van der Waals surface area contributed by atoms with Gasteiger partial charge < -0.3 is 5.32 Å². The molecule has 4 heteroatoms. The highest BCUT2D eigenvalue weighted by molar-refractivity contribution is 6.30. The zero-order valence-electron chi connectivity index (χ0n) is 11.4. The van der Waals surface area contributed by atoms with Crippen LogP contribution < -0.4 is 5.32 Å². The standard InChI is InChI=1S/C15H20ClN3/c1-3-17-15(13-10-18-19(4-2)11-13)9-12-6-5-7-14(16)8-12/h5-8,10-11,15,17H,3-4,9H2,1-2H3. The highest BCUT2D eigenvalue weighted by Gasteiger charge is 2.13. The number of benzene rings is 1. The Labute approximate surface area is 119 Å². The van der Waals surface area contributed by atoms with E-state index in [4.69, 9.17) is 11.6 Å². The number of rotatable bonds is 6. The summed E-state index contributed by atoms with van der Waals surface area (Å²) in [5.74, 6) is 0. The molecule has 0 aliphatic carbocycles. The summed E-state index contributed by atoms with van der Waals surface area (Å²) in [5.41, 5.74) is 2.46. The highest BCUT2D eigenvalue weighted by Crippen LogP contribution is 2.20. The maximum absolute atomic E-state index is 6.04. The van der Waals surface area contributed by atoms with Crippen molar-refractivity contribution in [1.82, 2.24) is 15.1 Å². The molecule has 102 valence electrons. The lowest BCUT2D eigenvalue weighted by Crippen LogP contribution is -2.22. The summed E-state index contributed by atoms with van der Waals surface area (Å²) in [6, 6.07) is 8.32. The van der Waals surface area contributed by atoms with Gasteiger partial charge in [-0.15, -0.1) is 0 Å². The molecule has 2 rings (SSSR count). The third-order valence-electron chi connectivity index (χ3n) is 3.16. The second-order valence-corrected chi connectivity index (χ2v) is 5.01. The van der Waals surface area contributed by atoms with Crippen molar-refractivity contribution in [2.45, 2.75) is 32.9 Å². The zero-order valence-corrected chi connectivity index (χ0v) is 12.2. The molecule has 0 aliphatic rings. The molecule has 1 aromatic carbocycles. The molecule has 0 saturated heterocycles. The Bertz CT molecular complexity index is 522. The van der Waals surface area contributed by atoms with Crippen LogP contribution in [0.5, 0.6) is 0 Å². The van der Waals surface area contributed by atoms with E-state index in [2.05, 4.69) is 36.5 Å². The largest absolute Gasteiger partial charge is 0.310 e. The third kappa shape index (κ3) is 3.82. The topological polar surface area (TPSA) is 29.9 Å². The minimum absolute atomic E-state index is 0.281. The van der Waals surface area contributed by atoms with E-state index in [0.29, 0.717) is 0 Å². The van der Waals surface area contributed by atoms with Gasteiger partial charge in [-0.25, -0.2) is 0 Å². The monoisotopic (exact) mass is 277 g/mol. The Morgan fingerprint density at radius 1 is 1.37 bits per heavy atom. The van der Waals surface area contributed by atoms with Gasteiger partial charge in [0.1, 0.15) is 0 Å². The maximum atomic E-state index is 6.04. The smallest absolute Gasteiger partial charge is 0.0537 e. The Balaban J connectivity index is 2.15. The lowest BCUT2D eigenvalue weighted by molar-refractivity contribution is 0.548. The van der Waals surface area contributed by atoms with Gasteiger partial charge in [0, 0.05) is 29.4 Å². The molecule has 1 heterocycles. The molecule has 1 aromatic heterocycles. The molecule has 0 aliphatic heterocycles. The van der Waals surface area contributed by atoms with E-state index in [-0.39, 0.29) is 6.04 Å². The summed E-state index contributed by atoms with van der Waals surface area (Å²) >= 11 is 6.04. The van der Waals surface area contributed by atoms with Crippen molar-refractivity contribution in [2.24, 2.45) is 0 Å². The van der Waals surface area contributed by atoms with Crippen LogP contribution in [0.1, 0.15) is 31.0 Å². The van der Waals surface area contributed by atoms with Gasteiger partial charge in [0.2, 0.25) is 0 Å². The molecule has 1 N–H and O–H groups in total. The van der Waals surface area contributed by atoms with Crippen molar-refractivity contribution in [3.05, 3.63) is 52.8 Å². The number of aromatic nitrogens is 2. The minimum Gasteiger partial charge on any atom is -0.310 e. The molecule has 0 saturated carbocycles. The average molecular weight is 278 g/mol. The van der Waals surface area contributed by atoms with Gasteiger partial charge >= 0.3 is 0 Å². The van der Waals surface area contributed by atoms with Crippen LogP contribution in [-0.2, 0) is 13.0 Å². The van der Waals surface area contributed by atoms with Gasteiger partial charge in [0.15, 0.2) is 0 Å². The van der Waals surface area contributed by atoms with Crippen LogP contribution >= 0.6 is 11.6 Å². The summed E-state index contributed by atoms with van der Waals surface area (Å²) in [6.07, 6.45) is 4.98. The van der Waals surface area contributed by atoms with Crippen LogP contribution in [0.15, 0.2) is 36.7 Å². The predicted octanol–water partition coefficient (Wildman–Crippen LogP) is 3.45. The van der Waals surface area contributed by atoms with Gasteiger partial charge in [-0.2, -0.15) is 5.10 Å². The van der Waals surface area contributed by atoms with Gasteiger partial charge in [-0.1, -0.05) is 30.7 Å². The van der Waals surface area contributed by atoms with Crippen LogP contribution in [0, 0.1) is 0 Å². The van der Waals surface area contributed by atoms with Gasteiger partial charge in [-0.3, -0.25) is 4.68 Å². The van der Waals surface area contributed by atoms with Gasteiger partial charge in [0.05, 0.1) is 6.20 Å². The molecule has 3 nitrogen and oxygen atoms in total. The molecular weight excluding hydrogens is 258 g/mol. The summed E-state index contributed by atoms with van der Waals surface area (Å²) in [7, 11) is 0. The Kier molecular flexibility index (Phi) is 5.00. The quantitative estimate of drug-likeness (QED) is 0.876. The molecule has 0 radical (unpaired) electrons. The number of nitrogens with one attached hydrogen (secondary N) is 1. The van der Waals surface area contributed by atoms with Gasteiger partial charge in [0.25, 0.3) is 0 Å². The summed E-state index contributed by atoms with van der Waals surface area (Å²) in [4.78, 5) is 0. The Morgan fingerprint density at radius 2 is 2.21 bits per heavy atom. The molecule has 2 aromatic rings. The van der Waals surface area contributed by atoms with Crippen LogP contribution in [-0.4, -0.2) is 16.3 Å². The number of halogens is 1. The number of hydrogen-bond acceptors (Lipinski definition) is 2. The first-order valence-electron chi connectivity index (χ1n) is 6.73. The van der Waals surface area contributed by atoms with Crippen LogP contribution in [0.3, 0.4) is 0 Å². The first-order chi connectivity index (χ1) is 9.22. The summed E-state index contributed by atoms with van der Waals surface area (Å²) in [5, 5.41) is 8.64. The number of nitrogens with zero attached hydrogens (tertiary/aromatic N) is 2. The Hall–Kier alpha value is -1.32. The van der Waals surface area contributed by atoms with Crippen molar-refractivity contribution < 1.29 is 0 Å². The molecule has 0 bridgehead atoms. The number of likely N-dealkylation sites (N-methyl/N-ethyl adjacent to an activating group) is 1. The molecule has 0 fully saturated rings. The summed E-state index contributed by atoms with van der Waals surface area (Å²) < 4.78 is 1.96. The lowest BCUT2D eigenvalue weighted by Gasteiger charge is -2.16. The number of hydrogen-bond donors (Lipinski definition) is 1. The van der Waals surface area contributed by atoms with E-state index in [1.165, 1.54) is 11.1 Å². The SMILES string of the molecule is CCNC(Cc1cccc(Cl)c1)c1cnn(CC)c1. The molecule has 19 heavy (non-hydrogen) atoms. The minimum atomic E-state index is 0.281. The zero-order chi connectivity index (χ0) is 13.7. The first kappa shape index (κ1) is 14.1. The second-order valence-electron chi connectivity index (χ2n) is 4.57. The average Bonchev–Trinajstić information content (AvgIpc) is 2.87. The van der Waals surface area contributed by atoms with E-state index >= 15 is 0 Å². The van der Waals surface area contributed by atoms with Crippen molar-refractivity contribution in [1.29, 1.82) is 0 Å².